The number of alkyl halides is 3. The summed E-state index contributed by atoms with van der Waals surface area (Å²) in [5.74, 6) is 0. The van der Waals surface area contributed by atoms with Crippen molar-refractivity contribution in [1.82, 2.24) is 9.97 Å². The Labute approximate surface area is 79.6 Å². The lowest BCUT2D eigenvalue weighted by molar-refractivity contribution is -0.141. The molecule has 14 heavy (non-hydrogen) atoms. The Morgan fingerprint density at radius 2 is 1.86 bits per heavy atom. The second kappa shape index (κ2) is 5.54. The normalized spacial score (nSPS) is 10.4. The average Bonchev–Trinajstić information content (AvgIpc) is 2.20. The van der Waals surface area contributed by atoms with E-state index < -0.39 is 18.5 Å². The number of aromatic nitrogens is 2. The van der Waals surface area contributed by atoms with Gasteiger partial charge in [0.2, 0.25) is 0 Å². The molecule has 6 heteroatoms. The van der Waals surface area contributed by atoms with E-state index in [9.17, 15) is 13.2 Å². The molecule has 1 aromatic rings. The minimum Gasteiger partial charge on any atom is -0.390 e. The van der Waals surface area contributed by atoms with Gasteiger partial charge in [-0.1, -0.05) is 13.8 Å². The van der Waals surface area contributed by atoms with Gasteiger partial charge in [-0.05, 0) is 0 Å². The summed E-state index contributed by atoms with van der Waals surface area (Å²) in [6.07, 6.45) is -2.81. The van der Waals surface area contributed by atoms with Crippen LogP contribution in [-0.2, 0) is 12.8 Å². The highest BCUT2D eigenvalue weighted by atomic mass is 19.4. The van der Waals surface area contributed by atoms with Crippen molar-refractivity contribution in [2.24, 2.45) is 0 Å². The Bertz CT molecular complexity index is 276. The predicted octanol–water partition coefficient (Wildman–Crippen LogP) is 2.01. The van der Waals surface area contributed by atoms with Crippen LogP contribution in [0.4, 0.5) is 13.2 Å². The van der Waals surface area contributed by atoms with Crippen LogP contribution in [0.3, 0.4) is 0 Å². The Hall–Kier alpha value is -1.17. The van der Waals surface area contributed by atoms with Gasteiger partial charge in [-0.25, -0.2) is 4.98 Å². The number of aliphatic hydroxyl groups excluding tert-OH is 1. The van der Waals surface area contributed by atoms with Gasteiger partial charge in [0.25, 0.3) is 0 Å². The fraction of sp³-hybridized carbons (Fsp3) is 0.500. The Balaban J connectivity index is 0.000000791. The molecule has 0 amide bonds. The van der Waals surface area contributed by atoms with Gasteiger partial charge in [0.05, 0.1) is 24.7 Å². The molecule has 0 unspecified atom stereocenters. The van der Waals surface area contributed by atoms with Crippen LogP contribution in [0.25, 0.3) is 0 Å². The molecule has 1 N–H and O–H groups in total. The van der Waals surface area contributed by atoms with Crippen LogP contribution in [0.2, 0.25) is 0 Å². The van der Waals surface area contributed by atoms with Gasteiger partial charge >= 0.3 is 6.18 Å². The van der Waals surface area contributed by atoms with Crippen LogP contribution in [0.5, 0.6) is 0 Å². The number of rotatable bonds is 1. The maximum absolute atomic E-state index is 11.9. The smallest absolute Gasteiger partial charge is 0.390 e. The zero-order valence-corrected chi connectivity index (χ0v) is 7.84. The number of aliphatic hydroxyl groups is 1. The molecular formula is C8H11F3N2O. The van der Waals surface area contributed by atoms with E-state index in [1.165, 1.54) is 0 Å². The minimum atomic E-state index is -4.50. The summed E-state index contributed by atoms with van der Waals surface area (Å²) in [6, 6.07) is 0. The van der Waals surface area contributed by atoms with Crippen molar-refractivity contribution in [1.29, 1.82) is 0 Å². The highest BCUT2D eigenvalue weighted by Crippen LogP contribution is 2.26. The van der Waals surface area contributed by atoms with Gasteiger partial charge in [0, 0.05) is 0 Å². The van der Waals surface area contributed by atoms with Gasteiger partial charge in [-0.2, -0.15) is 13.2 Å². The van der Waals surface area contributed by atoms with Gasteiger partial charge in [0.15, 0.2) is 5.69 Å². The maximum Gasteiger partial charge on any atom is 0.434 e. The van der Waals surface area contributed by atoms with Crippen molar-refractivity contribution in [3.05, 3.63) is 23.8 Å². The van der Waals surface area contributed by atoms with E-state index in [2.05, 4.69) is 9.97 Å². The second-order valence-electron chi connectivity index (χ2n) is 2.05. The van der Waals surface area contributed by atoms with Crippen molar-refractivity contribution < 1.29 is 18.3 Å². The van der Waals surface area contributed by atoms with E-state index >= 15 is 0 Å². The zero-order chi connectivity index (χ0) is 11.2. The number of halogens is 3. The summed E-state index contributed by atoms with van der Waals surface area (Å²) in [4.78, 5) is 6.40. The first-order valence-corrected chi connectivity index (χ1v) is 4.03. The van der Waals surface area contributed by atoms with Crippen LogP contribution < -0.4 is 0 Å². The Morgan fingerprint density at radius 1 is 1.29 bits per heavy atom. The average molecular weight is 208 g/mol. The predicted molar refractivity (Wildman–Crippen MR) is 44.3 cm³/mol. The second-order valence-corrected chi connectivity index (χ2v) is 2.05. The Kier molecular flexibility index (Phi) is 5.07. The topological polar surface area (TPSA) is 46.0 Å². The third-order valence-electron chi connectivity index (χ3n) is 1.14. The van der Waals surface area contributed by atoms with E-state index in [0.717, 1.165) is 6.20 Å². The van der Waals surface area contributed by atoms with E-state index in [-0.39, 0.29) is 5.69 Å². The number of hydrogen-bond donors (Lipinski definition) is 1. The van der Waals surface area contributed by atoms with E-state index in [1.54, 1.807) is 0 Å². The fourth-order valence-corrected chi connectivity index (χ4v) is 0.619. The van der Waals surface area contributed by atoms with Crippen molar-refractivity contribution in [3.8, 4) is 0 Å². The Morgan fingerprint density at radius 3 is 2.29 bits per heavy atom. The fourth-order valence-electron chi connectivity index (χ4n) is 0.619. The molecule has 0 fully saturated rings. The summed E-state index contributed by atoms with van der Waals surface area (Å²) >= 11 is 0. The first-order valence-electron chi connectivity index (χ1n) is 4.03. The van der Waals surface area contributed by atoms with Crippen LogP contribution in [-0.4, -0.2) is 15.1 Å². The molecule has 0 bridgehead atoms. The van der Waals surface area contributed by atoms with Crippen molar-refractivity contribution in [3.63, 3.8) is 0 Å². The molecule has 0 aliphatic carbocycles. The summed E-state index contributed by atoms with van der Waals surface area (Å²) in [7, 11) is 0. The van der Waals surface area contributed by atoms with E-state index in [1.807, 2.05) is 13.8 Å². The zero-order valence-electron chi connectivity index (χ0n) is 7.84. The monoisotopic (exact) mass is 208 g/mol. The summed E-state index contributed by atoms with van der Waals surface area (Å²) < 4.78 is 35.8. The molecular weight excluding hydrogens is 197 g/mol. The van der Waals surface area contributed by atoms with E-state index in [4.69, 9.17) is 5.11 Å². The molecule has 0 aliphatic rings. The lowest BCUT2D eigenvalue weighted by Crippen LogP contribution is -2.10. The molecule has 0 aromatic carbocycles. The van der Waals surface area contributed by atoms with Crippen molar-refractivity contribution >= 4 is 0 Å². The van der Waals surface area contributed by atoms with Gasteiger partial charge in [-0.3, -0.25) is 4.98 Å². The summed E-state index contributed by atoms with van der Waals surface area (Å²) in [5.41, 5.74) is -1.18. The number of nitrogens with zero attached hydrogens (tertiary/aromatic N) is 2. The van der Waals surface area contributed by atoms with Crippen LogP contribution in [0.1, 0.15) is 25.2 Å². The van der Waals surface area contributed by atoms with Gasteiger partial charge in [0.1, 0.15) is 0 Å². The molecule has 0 aliphatic heterocycles. The van der Waals surface area contributed by atoms with Crippen LogP contribution in [0.15, 0.2) is 12.4 Å². The first kappa shape index (κ1) is 12.8. The summed E-state index contributed by atoms with van der Waals surface area (Å²) in [5, 5.41) is 8.46. The molecule has 0 radical (unpaired) electrons. The first-order chi connectivity index (χ1) is 6.54. The largest absolute Gasteiger partial charge is 0.434 e. The van der Waals surface area contributed by atoms with Crippen LogP contribution >= 0.6 is 0 Å². The lowest BCUT2D eigenvalue weighted by Gasteiger charge is -2.04. The van der Waals surface area contributed by atoms with Crippen molar-refractivity contribution in [2.45, 2.75) is 26.6 Å². The quantitative estimate of drug-likeness (QED) is 0.767. The molecule has 0 saturated carbocycles. The molecule has 1 rings (SSSR count). The van der Waals surface area contributed by atoms with Crippen LogP contribution in [0, 0.1) is 0 Å². The van der Waals surface area contributed by atoms with Gasteiger partial charge < -0.3 is 5.11 Å². The molecule has 1 heterocycles. The van der Waals surface area contributed by atoms with Gasteiger partial charge in [-0.15, -0.1) is 0 Å². The maximum atomic E-state index is 11.9. The molecule has 0 saturated heterocycles. The molecule has 0 atom stereocenters. The molecule has 1 aromatic heterocycles. The number of hydrogen-bond acceptors (Lipinski definition) is 3. The van der Waals surface area contributed by atoms with E-state index in [0.29, 0.717) is 6.20 Å². The summed E-state index contributed by atoms with van der Waals surface area (Å²) in [6.45, 7) is 3.46. The van der Waals surface area contributed by atoms with Crippen molar-refractivity contribution in [2.75, 3.05) is 0 Å². The highest BCUT2D eigenvalue weighted by Gasteiger charge is 2.32. The third-order valence-corrected chi connectivity index (χ3v) is 1.14. The molecule has 0 spiro atoms. The highest BCUT2D eigenvalue weighted by molar-refractivity contribution is 5.05. The standard InChI is InChI=1S/C6H5F3N2O.C2H6/c7-6(8,9)5-2-10-1-4(3-12)11-5;1-2/h1-2,12H,3H2;1-2H3. The molecule has 3 nitrogen and oxygen atoms in total. The lowest BCUT2D eigenvalue weighted by atomic mass is 10.4. The third kappa shape index (κ3) is 3.69. The SMILES string of the molecule is CC.OCc1cncc(C(F)(F)F)n1. The molecule has 80 valence electrons. The minimum absolute atomic E-state index is 0.0928.